The Hall–Kier alpha value is -1.09. The van der Waals surface area contributed by atoms with Crippen molar-refractivity contribution in [2.24, 2.45) is 11.7 Å². The zero-order valence-corrected chi connectivity index (χ0v) is 11.1. The lowest BCUT2D eigenvalue weighted by Crippen LogP contribution is -2.41. The molecular formula is C14H23N3. The van der Waals surface area contributed by atoms with Crippen LogP contribution in [0.15, 0.2) is 18.3 Å². The number of aromatic nitrogens is 1. The van der Waals surface area contributed by atoms with Crippen LogP contribution in [0, 0.1) is 5.92 Å². The molecule has 0 bridgehead atoms. The summed E-state index contributed by atoms with van der Waals surface area (Å²) in [6.07, 6.45) is 4.36. The van der Waals surface area contributed by atoms with Crippen molar-refractivity contribution in [3.8, 4) is 0 Å². The molecule has 2 unspecified atom stereocenters. The fourth-order valence-corrected chi connectivity index (χ4v) is 2.73. The Morgan fingerprint density at radius 2 is 2.24 bits per heavy atom. The third-order valence-electron chi connectivity index (χ3n) is 3.72. The molecule has 1 saturated heterocycles. The zero-order chi connectivity index (χ0) is 12.4. The third-order valence-corrected chi connectivity index (χ3v) is 3.72. The normalized spacial score (nSPS) is 26.9. The van der Waals surface area contributed by atoms with E-state index < -0.39 is 0 Å². The van der Waals surface area contributed by atoms with Gasteiger partial charge in [0, 0.05) is 30.4 Å². The molecule has 2 rings (SSSR count). The highest BCUT2D eigenvalue weighted by Gasteiger charge is 2.25. The van der Waals surface area contributed by atoms with Gasteiger partial charge in [-0.25, -0.2) is 4.98 Å². The van der Waals surface area contributed by atoms with Crippen molar-refractivity contribution in [1.29, 1.82) is 0 Å². The smallest absolute Gasteiger partial charge is 0.133 e. The Morgan fingerprint density at radius 1 is 1.47 bits per heavy atom. The molecule has 1 fully saturated rings. The van der Waals surface area contributed by atoms with Gasteiger partial charge < -0.3 is 10.6 Å². The van der Waals surface area contributed by atoms with Gasteiger partial charge in [-0.3, -0.25) is 0 Å². The molecule has 3 nitrogen and oxygen atoms in total. The molecule has 1 aliphatic heterocycles. The van der Waals surface area contributed by atoms with Gasteiger partial charge >= 0.3 is 0 Å². The topological polar surface area (TPSA) is 42.2 Å². The molecule has 3 atom stereocenters. The van der Waals surface area contributed by atoms with Gasteiger partial charge in [-0.15, -0.1) is 0 Å². The van der Waals surface area contributed by atoms with Crippen LogP contribution < -0.4 is 10.6 Å². The summed E-state index contributed by atoms with van der Waals surface area (Å²) in [5, 5.41) is 0. The van der Waals surface area contributed by atoms with Crippen LogP contribution in [0.2, 0.25) is 0 Å². The first-order chi connectivity index (χ1) is 8.09. The van der Waals surface area contributed by atoms with Gasteiger partial charge in [0.1, 0.15) is 5.82 Å². The van der Waals surface area contributed by atoms with E-state index in [9.17, 15) is 0 Å². The minimum Gasteiger partial charge on any atom is -0.354 e. The molecule has 3 heteroatoms. The fourth-order valence-electron chi connectivity index (χ4n) is 2.73. The Morgan fingerprint density at radius 3 is 2.88 bits per heavy atom. The molecule has 0 aliphatic carbocycles. The summed E-state index contributed by atoms with van der Waals surface area (Å²) < 4.78 is 0. The van der Waals surface area contributed by atoms with E-state index in [1.54, 1.807) is 0 Å². The number of rotatable bonds is 2. The van der Waals surface area contributed by atoms with Crippen LogP contribution in [0.5, 0.6) is 0 Å². The van der Waals surface area contributed by atoms with E-state index >= 15 is 0 Å². The van der Waals surface area contributed by atoms with Gasteiger partial charge in [-0.05, 0) is 38.7 Å². The minimum absolute atomic E-state index is 0.0465. The summed E-state index contributed by atoms with van der Waals surface area (Å²) in [6.45, 7) is 7.74. The first kappa shape index (κ1) is 12.4. The van der Waals surface area contributed by atoms with Gasteiger partial charge in [0.15, 0.2) is 0 Å². The first-order valence-electron chi connectivity index (χ1n) is 6.56. The van der Waals surface area contributed by atoms with Crippen LogP contribution in [0.25, 0.3) is 0 Å². The van der Waals surface area contributed by atoms with Gasteiger partial charge in [-0.1, -0.05) is 13.0 Å². The predicted octanol–water partition coefficient (Wildman–Crippen LogP) is 2.73. The number of hydrogen-bond acceptors (Lipinski definition) is 3. The van der Waals surface area contributed by atoms with Crippen molar-refractivity contribution in [3.63, 3.8) is 0 Å². The second-order valence-corrected chi connectivity index (χ2v) is 5.38. The molecule has 1 aromatic rings. The second-order valence-electron chi connectivity index (χ2n) is 5.38. The van der Waals surface area contributed by atoms with Crippen LogP contribution >= 0.6 is 0 Å². The molecule has 0 aromatic carbocycles. The van der Waals surface area contributed by atoms with Gasteiger partial charge in [0.25, 0.3) is 0 Å². The molecule has 94 valence electrons. The number of hydrogen-bond donors (Lipinski definition) is 1. The lowest BCUT2D eigenvalue weighted by atomic mass is 9.93. The van der Waals surface area contributed by atoms with Crippen molar-refractivity contribution in [2.75, 3.05) is 11.4 Å². The largest absolute Gasteiger partial charge is 0.354 e. The molecule has 1 aliphatic rings. The van der Waals surface area contributed by atoms with Crippen molar-refractivity contribution in [3.05, 3.63) is 23.9 Å². The van der Waals surface area contributed by atoms with E-state index in [2.05, 4.69) is 29.8 Å². The molecule has 0 saturated carbocycles. The molecule has 0 radical (unpaired) electrons. The molecular weight excluding hydrogens is 210 g/mol. The molecule has 0 spiro atoms. The monoisotopic (exact) mass is 233 g/mol. The van der Waals surface area contributed by atoms with E-state index in [4.69, 9.17) is 5.73 Å². The lowest BCUT2D eigenvalue weighted by molar-refractivity contribution is 0.375. The Balaban J connectivity index is 2.27. The van der Waals surface area contributed by atoms with Crippen LogP contribution in [-0.2, 0) is 0 Å². The summed E-state index contributed by atoms with van der Waals surface area (Å²) >= 11 is 0. The number of nitrogens with zero attached hydrogens (tertiary/aromatic N) is 2. The van der Waals surface area contributed by atoms with Crippen LogP contribution in [0.1, 0.15) is 45.2 Å². The summed E-state index contributed by atoms with van der Waals surface area (Å²) in [5.74, 6) is 1.91. The van der Waals surface area contributed by atoms with Crippen LogP contribution in [0.3, 0.4) is 0 Å². The van der Waals surface area contributed by atoms with Crippen molar-refractivity contribution < 1.29 is 0 Å². The maximum Gasteiger partial charge on any atom is 0.133 e. The standard InChI is InChI=1S/C14H23N3/c1-10-6-8-17(11(2)9-10)14-13(12(3)15)5-4-7-16-14/h4-5,7,10-12H,6,8-9,15H2,1-3H3/t10?,11?,12-/m1/s1. The maximum atomic E-state index is 6.03. The lowest BCUT2D eigenvalue weighted by Gasteiger charge is -2.38. The fraction of sp³-hybridized carbons (Fsp3) is 0.643. The van der Waals surface area contributed by atoms with Crippen LogP contribution in [0.4, 0.5) is 5.82 Å². The Kier molecular flexibility index (Phi) is 3.67. The quantitative estimate of drug-likeness (QED) is 0.854. The summed E-state index contributed by atoms with van der Waals surface area (Å²) in [5.41, 5.74) is 7.19. The Bertz CT molecular complexity index is 375. The molecule has 2 N–H and O–H groups in total. The average molecular weight is 233 g/mol. The number of pyridine rings is 1. The summed E-state index contributed by atoms with van der Waals surface area (Å²) in [4.78, 5) is 6.96. The SMILES string of the molecule is CC1CCN(c2ncccc2[C@@H](C)N)C(C)C1. The van der Waals surface area contributed by atoms with E-state index in [0.717, 1.165) is 23.8 Å². The summed E-state index contributed by atoms with van der Waals surface area (Å²) in [6, 6.07) is 4.67. The van der Waals surface area contributed by atoms with Gasteiger partial charge in [0.2, 0.25) is 0 Å². The van der Waals surface area contributed by atoms with Crippen molar-refractivity contribution >= 4 is 5.82 Å². The first-order valence-corrected chi connectivity index (χ1v) is 6.56. The molecule has 2 heterocycles. The van der Waals surface area contributed by atoms with Crippen molar-refractivity contribution in [2.45, 2.75) is 45.7 Å². The second kappa shape index (κ2) is 5.05. The maximum absolute atomic E-state index is 6.03. The van der Waals surface area contributed by atoms with E-state index in [0.29, 0.717) is 6.04 Å². The summed E-state index contributed by atoms with van der Waals surface area (Å²) in [7, 11) is 0. The third kappa shape index (κ3) is 2.60. The molecule has 1 aromatic heterocycles. The van der Waals surface area contributed by atoms with Crippen LogP contribution in [-0.4, -0.2) is 17.6 Å². The predicted molar refractivity (Wildman–Crippen MR) is 72.0 cm³/mol. The number of piperidine rings is 1. The highest BCUT2D eigenvalue weighted by Crippen LogP contribution is 2.30. The highest BCUT2D eigenvalue weighted by atomic mass is 15.2. The Labute approximate surface area is 104 Å². The number of nitrogens with two attached hydrogens (primary N) is 1. The van der Waals surface area contributed by atoms with E-state index in [-0.39, 0.29) is 6.04 Å². The van der Waals surface area contributed by atoms with E-state index in [1.165, 1.54) is 12.8 Å². The molecule has 0 amide bonds. The average Bonchev–Trinajstić information content (AvgIpc) is 2.29. The highest BCUT2D eigenvalue weighted by molar-refractivity contribution is 5.49. The molecule has 17 heavy (non-hydrogen) atoms. The van der Waals surface area contributed by atoms with Gasteiger partial charge in [0.05, 0.1) is 0 Å². The number of anilines is 1. The minimum atomic E-state index is 0.0465. The van der Waals surface area contributed by atoms with E-state index in [1.807, 2.05) is 19.2 Å². The van der Waals surface area contributed by atoms with Crippen molar-refractivity contribution in [1.82, 2.24) is 4.98 Å². The zero-order valence-electron chi connectivity index (χ0n) is 11.1. The van der Waals surface area contributed by atoms with Gasteiger partial charge in [-0.2, -0.15) is 0 Å².